The average molecular weight is 962 g/mol. The molecule has 0 saturated carbocycles. The van der Waals surface area contributed by atoms with Crippen LogP contribution in [0.25, 0.3) is 0 Å². The van der Waals surface area contributed by atoms with Crippen LogP contribution in [0.1, 0.15) is 155 Å². The molecular weight excluding hydrogens is 871 g/mol. The molecule has 0 bridgehead atoms. The van der Waals surface area contributed by atoms with Gasteiger partial charge < -0.3 is 65.1 Å². The van der Waals surface area contributed by atoms with Gasteiger partial charge in [-0.05, 0) is 83.5 Å². The summed E-state index contributed by atoms with van der Waals surface area (Å²) in [5.74, 6) is -0.268. The number of aliphatic hydroxyl groups is 8. The summed E-state index contributed by atoms with van der Waals surface area (Å²) in [5.41, 5.74) is 0. The van der Waals surface area contributed by atoms with Gasteiger partial charge in [-0.15, -0.1) is 0 Å². The van der Waals surface area contributed by atoms with E-state index < -0.39 is 86.8 Å². The molecular formula is C54H91NO13. The van der Waals surface area contributed by atoms with Crippen LogP contribution in [-0.2, 0) is 23.7 Å². The number of carbonyl (C=O) groups excluding carboxylic acids is 1. The van der Waals surface area contributed by atoms with E-state index in [0.29, 0.717) is 12.8 Å². The molecule has 2 saturated heterocycles. The van der Waals surface area contributed by atoms with Crippen LogP contribution in [0.2, 0.25) is 0 Å². The minimum Gasteiger partial charge on any atom is -0.394 e. The molecule has 0 radical (unpaired) electrons. The summed E-state index contributed by atoms with van der Waals surface area (Å²) >= 11 is 0. The van der Waals surface area contributed by atoms with Crippen LogP contribution in [0.15, 0.2) is 85.1 Å². The number of rotatable bonds is 38. The SMILES string of the molecule is CC/C=C\C/C=C\C/C=C\C/C=C\CCCCCCCCCCC(=O)NC(COC1OC(CO)C(OC2OC(CO)C(O)C(O)C2O)C(O)C1O)C(O)/C=C/CC/C=C/CC/C=C/CCCCC. The number of ether oxygens (including phenoxy) is 4. The van der Waals surface area contributed by atoms with Crippen LogP contribution in [-0.4, -0.2) is 140 Å². The number of unbranched alkanes of at least 4 members (excludes halogenated alkanes) is 13. The second-order valence-corrected chi connectivity index (χ2v) is 17.9. The molecule has 0 aliphatic carbocycles. The minimum atomic E-state index is -1.80. The highest BCUT2D eigenvalue weighted by atomic mass is 16.7. The van der Waals surface area contributed by atoms with E-state index >= 15 is 0 Å². The van der Waals surface area contributed by atoms with Crippen molar-refractivity contribution in [2.24, 2.45) is 0 Å². The Hall–Kier alpha value is -2.83. The number of hydrogen-bond acceptors (Lipinski definition) is 13. The lowest BCUT2D eigenvalue weighted by Gasteiger charge is -2.46. The van der Waals surface area contributed by atoms with Gasteiger partial charge in [-0.1, -0.05) is 150 Å². The molecule has 68 heavy (non-hydrogen) atoms. The molecule has 2 aliphatic rings. The highest BCUT2D eigenvalue weighted by Gasteiger charge is 2.51. The number of carbonyl (C=O) groups is 1. The summed E-state index contributed by atoms with van der Waals surface area (Å²) in [6, 6.07) is -0.946. The first-order valence-corrected chi connectivity index (χ1v) is 25.8. The second kappa shape index (κ2) is 39.8. The predicted octanol–water partition coefficient (Wildman–Crippen LogP) is 6.99. The van der Waals surface area contributed by atoms with Gasteiger partial charge in [0.2, 0.25) is 5.91 Å². The zero-order chi connectivity index (χ0) is 49.6. The average Bonchev–Trinajstić information content (AvgIpc) is 3.34. The van der Waals surface area contributed by atoms with E-state index in [-0.39, 0.29) is 18.9 Å². The van der Waals surface area contributed by atoms with Gasteiger partial charge in [0.05, 0.1) is 32.0 Å². The van der Waals surface area contributed by atoms with Crippen molar-refractivity contribution in [1.82, 2.24) is 5.32 Å². The van der Waals surface area contributed by atoms with Crippen LogP contribution in [0.3, 0.4) is 0 Å². The van der Waals surface area contributed by atoms with Crippen molar-refractivity contribution < 1.29 is 64.6 Å². The normalized spacial score (nSPS) is 27.1. The maximum Gasteiger partial charge on any atom is 0.220 e. The summed E-state index contributed by atoms with van der Waals surface area (Å²) in [4.78, 5) is 13.2. The molecule has 0 aromatic heterocycles. The molecule has 12 atom stereocenters. The van der Waals surface area contributed by atoms with E-state index in [1.807, 2.05) is 6.08 Å². The van der Waals surface area contributed by atoms with Crippen molar-refractivity contribution in [2.45, 2.75) is 229 Å². The first-order valence-electron chi connectivity index (χ1n) is 25.8. The number of amides is 1. The van der Waals surface area contributed by atoms with Gasteiger partial charge in [0.1, 0.15) is 48.8 Å². The molecule has 2 heterocycles. The Morgan fingerprint density at radius 1 is 0.544 bits per heavy atom. The van der Waals surface area contributed by atoms with Crippen molar-refractivity contribution in [2.75, 3.05) is 19.8 Å². The maximum absolute atomic E-state index is 13.2. The van der Waals surface area contributed by atoms with Gasteiger partial charge >= 0.3 is 0 Å². The first-order chi connectivity index (χ1) is 33.1. The monoisotopic (exact) mass is 962 g/mol. The van der Waals surface area contributed by atoms with Gasteiger partial charge in [0.25, 0.3) is 0 Å². The second-order valence-electron chi connectivity index (χ2n) is 17.9. The largest absolute Gasteiger partial charge is 0.394 e. The highest BCUT2D eigenvalue weighted by Crippen LogP contribution is 2.30. The molecule has 0 spiro atoms. The molecule has 12 unspecified atom stereocenters. The van der Waals surface area contributed by atoms with Gasteiger partial charge in [-0.25, -0.2) is 0 Å². The third-order valence-electron chi connectivity index (χ3n) is 12.0. The fraction of sp³-hybridized carbons (Fsp3) is 0.722. The molecule has 1 amide bonds. The lowest BCUT2D eigenvalue weighted by atomic mass is 9.97. The molecule has 14 nitrogen and oxygen atoms in total. The molecule has 2 rings (SSSR count). The quantitative estimate of drug-likeness (QED) is 0.0225. The summed E-state index contributed by atoms with van der Waals surface area (Å²) < 4.78 is 22.7. The van der Waals surface area contributed by atoms with Crippen molar-refractivity contribution in [3.05, 3.63) is 85.1 Å². The smallest absolute Gasteiger partial charge is 0.220 e. The standard InChI is InChI=1S/C54H91NO13/c1-3-5-7-9-11-13-15-17-18-19-20-21-22-23-24-26-28-30-32-34-36-38-46(59)55-42(43(58)37-35-33-31-29-27-25-16-14-12-10-8-6-4-2)41-65-53-51(64)49(62)52(45(40-57)67-53)68-54-50(63)48(61)47(60)44(39-56)66-54/h5,7,11-14,17-18,20-21,27,29,35,37,42-45,47-54,56-58,60-64H,3-4,6,8-10,15-16,19,22-26,28,30-34,36,38-41H2,1-2H3,(H,55,59)/b7-5-,13-11-,14-12+,18-17-,21-20-,29-27+,37-35+. The van der Waals surface area contributed by atoms with Crippen molar-refractivity contribution in [1.29, 1.82) is 0 Å². The summed E-state index contributed by atoms with van der Waals surface area (Å²) in [6.45, 7) is 2.58. The Morgan fingerprint density at radius 2 is 1.03 bits per heavy atom. The number of hydrogen-bond donors (Lipinski definition) is 9. The lowest BCUT2D eigenvalue weighted by Crippen LogP contribution is -2.65. The Kier molecular flexibility index (Phi) is 35.9. The van der Waals surface area contributed by atoms with Crippen molar-refractivity contribution in [3.8, 4) is 0 Å². The highest BCUT2D eigenvalue weighted by molar-refractivity contribution is 5.76. The third kappa shape index (κ3) is 26.4. The Bertz CT molecular complexity index is 1460. The fourth-order valence-electron chi connectivity index (χ4n) is 7.84. The predicted molar refractivity (Wildman–Crippen MR) is 267 cm³/mol. The molecule has 2 aliphatic heterocycles. The Balaban J connectivity index is 1.84. The summed E-state index contributed by atoms with van der Waals surface area (Å²) in [5, 5.41) is 86.7. The van der Waals surface area contributed by atoms with Gasteiger partial charge in [0, 0.05) is 6.42 Å². The minimum absolute atomic E-state index is 0.255. The number of aliphatic hydroxyl groups excluding tert-OH is 8. The first kappa shape index (κ1) is 61.3. The van der Waals surface area contributed by atoms with Crippen LogP contribution in [0.5, 0.6) is 0 Å². The van der Waals surface area contributed by atoms with Crippen LogP contribution in [0.4, 0.5) is 0 Å². The van der Waals surface area contributed by atoms with E-state index in [9.17, 15) is 45.6 Å². The molecule has 0 aromatic rings. The lowest BCUT2D eigenvalue weighted by molar-refractivity contribution is -0.359. The molecule has 0 aromatic carbocycles. The van der Waals surface area contributed by atoms with Crippen molar-refractivity contribution in [3.63, 3.8) is 0 Å². The maximum atomic E-state index is 13.2. The number of nitrogens with one attached hydrogen (secondary N) is 1. The van der Waals surface area contributed by atoms with Gasteiger partial charge in [-0.2, -0.15) is 0 Å². The van der Waals surface area contributed by atoms with E-state index in [2.05, 4.69) is 92.1 Å². The van der Waals surface area contributed by atoms with Crippen molar-refractivity contribution >= 4 is 5.91 Å². The van der Waals surface area contributed by atoms with Crippen LogP contribution < -0.4 is 5.32 Å². The number of allylic oxidation sites excluding steroid dienone is 13. The zero-order valence-electron chi connectivity index (χ0n) is 41.3. The molecule has 2 fully saturated rings. The molecule has 9 N–H and O–H groups in total. The summed E-state index contributed by atoms with van der Waals surface area (Å²) in [7, 11) is 0. The fourth-order valence-corrected chi connectivity index (χ4v) is 7.84. The van der Waals surface area contributed by atoms with Gasteiger partial charge in [0.15, 0.2) is 12.6 Å². The topological polar surface area (TPSA) is 228 Å². The Morgan fingerprint density at radius 3 is 1.62 bits per heavy atom. The van der Waals surface area contributed by atoms with E-state index in [1.54, 1.807) is 6.08 Å². The van der Waals surface area contributed by atoms with E-state index in [4.69, 9.17) is 18.9 Å². The zero-order valence-corrected chi connectivity index (χ0v) is 41.3. The van der Waals surface area contributed by atoms with Crippen LogP contribution in [0, 0.1) is 0 Å². The Labute approximate surface area is 408 Å². The van der Waals surface area contributed by atoms with Gasteiger partial charge in [-0.3, -0.25) is 4.79 Å². The molecule has 390 valence electrons. The van der Waals surface area contributed by atoms with E-state index in [1.165, 1.54) is 38.5 Å². The van der Waals surface area contributed by atoms with E-state index in [0.717, 1.165) is 83.5 Å². The third-order valence-corrected chi connectivity index (χ3v) is 12.0. The molecule has 14 heteroatoms. The van der Waals surface area contributed by atoms with Crippen LogP contribution >= 0.6 is 0 Å². The summed E-state index contributed by atoms with van der Waals surface area (Å²) in [6.07, 6.45) is 34.8.